The highest BCUT2D eigenvalue weighted by molar-refractivity contribution is 5.47. The summed E-state index contributed by atoms with van der Waals surface area (Å²) in [7, 11) is 0. The summed E-state index contributed by atoms with van der Waals surface area (Å²) in [5.41, 5.74) is 7.56. The maximum Gasteiger partial charge on any atom is 0.120 e. The quantitative estimate of drug-likeness (QED) is 0.682. The topological polar surface area (TPSA) is 70.0 Å². The van der Waals surface area contributed by atoms with Crippen molar-refractivity contribution >= 4 is 0 Å². The van der Waals surface area contributed by atoms with Crippen LogP contribution in [0.15, 0.2) is 12.1 Å². The summed E-state index contributed by atoms with van der Waals surface area (Å²) in [4.78, 5) is 0. The van der Waals surface area contributed by atoms with Crippen molar-refractivity contribution in [2.45, 2.75) is 19.9 Å². The molecule has 3 heteroatoms. The van der Waals surface area contributed by atoms with Gasteiger partial charge in [0.2, 0.25) is 0 Å². The van der Waals surface area contributed by atoms with Crippen LogP contribution in [0, 0.1) is 18.3 Å². The summed E-state index contributed by atoms with van der Waals surface area (Å²) in [5.74, 6) is 0.159. The Morgan fingerprint density at radius 1 is 1.54 bits per heavy atom. The van der Waals surface area contributed by atoms with Crippen molar-refractivity contribution in [1.29, 1.82) is 5.26 Å². The van der Waals surface area contributed by atoms with Crippen LogP contribution in [0.5, 0.6) is 5.75 Å². The van der Waals surface area contributed by atoms with Crippen LogP contribution in [-0.2, 0) is 0 Å². The average molecular weight is 176 g/mol. The molecule has 0 aliphatic rings. The molecule has 0 amide bonds. The lowest BCUT2D eigenvalue weighted by atomic mass is 10.0. The molecular formula is C10H12N2O. The Kier molecular flexibility index (Phi) is 2.54. The van der Waals surface area contributed by atoms with Crippen LogP contribution < -0.4 is 5.73 Å². The van der Waals surface area contributed by atoms with Crippen LogP contribution in [0.2, 0.25) is 0 Å². The van der Waals surface area contributed by atoms with E-state index in [2.05, 4.69) is 6.07 Å². The minimum absolute atomic E-state index is 0.159. The molecule has 13 heavy (non-hydrogen) atoms. The van der Waals surface area contributed by atoms with Crippen LogP contribution >= 0.6 is 0 Å². The molecule has 3 N–H and O–H groups in total. The van der Waals surface area contributed by atoms with Crippen LogP contribution in [-0.4, -0.2) is 5.11 Å². The standard InChI is InChI=1S/C10H12N2O/c1-6-3-10(13)9(7(2)12)4-8(6)5-11/h3-4,7,13H,12H2,1-2H3. The summed E-state index contributed by atoms with van der Waals surface area (Å²) in [5, 5.41) is 18.2. The fraction of sp³-hybridized carbons (Fsp3) is 0.300. The van der Waals surface area contributed by atoms with Crippen molar-refractivity contribution in [2.75, 3.05) is 0 Å². The van der Waals surface area contributed by atoms with E-state index in [0.717, 1.165) is 5.56 Å². The van der Waals surface area contributed by atoms with E-state index in [1.807, 2.05) is 0 Å². The van der Waals surface area contributed by atoms with Gasteiger partial charge in [-0.15, -0.1) is 0 Å². The number of benzene rings is 1. The van der Waals surface area contributed by atoms with Gasteiger partial charge in [0.25, 0.3) is 0 Å². The van der Waals surface area contributed by atoms with E-state index < -0.39 is 0 Å². The van der Waals surface area contributed by atoms with E-state index in [9.17, 15) is 5.11 Å². The highest BCUT2D eigenvalue weighted by Gasteiger charge is 2.09. The Morgan fingerprint density at radius 3 is 2.62 bits per heavy atom. The summed E-state index contributed by atoms with van der Waals surface area (Å²) in [6.45, 7) is 3.55. The number of nitrogens with two attached hydrogens (primary N) is 1. The van der Waals surface area contributed by atoms with E-state index in [1.54, 1.807) is 26.0 Å². The lowest BCUT2D eigenvalue weighted by Gasteiger charge is -2.09. The van der Waals surface area contributed by atoms with Gasteiger partial charge in [-0.25, -0.2) is 0 Å². The van der Waals surface area contributed by atoms with Crippen LogP contribution in [0.25, 0.3) is 0 Å². The largest absolute Gasteiger partial charge is 0.508 e. The van der Waals surface area contributed by atoms with Gasteiger partial charge in [0, 0.05) is 11.6 Å². The van der Waals surface area contributed by atoms with Gasteiger partial charge in [-0.2, -0.15) is 5.26 Å². The van der Waals surface area contributed by atoms with Crippen molar-refractivity contribution in [2.24, 2.45) is 5.73 Å². The molecule has 0 fully saturated rings. The van der Waals surface area contributed by atoms with Gasteiger partial charge in [0.15, 0.2) is 0 Å². The Labute approximate surface area is 77.4 Å². The Bertz CT molecular complexity index is 364. The van der Waals surface area contributed by atoms with E-state index in [1.165, 1.54) is 0 Å². The van der Waals surface area contributed by atoms with Crippen LogP contribution in [0.4, 0.5) is 0 Å². The molecule has 0 aliphatic carbocycles. The van der Waals surface area contributed by atoms with E-state index in [-0.39, 0.29) is 11.8 Å². The first-order chi connectivity index (χ1) is 6.06. The van der Waals surface area contributed by atoms with Gasteiger partial charge >= 0.3 is 0 Å². The summed E-state index contributed by atoms with van der Waals surface area (Å²) >= 11 is 0. The molecular weight excluding hydrogens is 164 g/mol. The fourth-order valence-electron chi connectivity index (χ4n) is 1.19. The molecule has 1 aromatic rings. The number of hydrogen-bond donors (Lipinski definition) is 2. The summed E-state index contributed by atoms with van der Waals surface area (Å²) in [6, 6.07) is 5.00. The molecule has 0 saturated carbocycles. The maximum absolute atomic E-state index is 9.49. The molecule has 1 unspecified atom stereocenters. The van der Waals surface area contributed by atoms with Gasteiger partial charge in [-0.1, -0.05) is 0 Å². The summed E-state index contributed by atoms with van der Waals surface area (Å²) in [6.07, 6.45) is 0. The minimum Gasteiger partial charge on any atom is -0.508 e. The molecule has 3 nitrogen and oxygen atoms in total. The van der Waals surface area contributed by atoms with Gasteiger partial charge in [0.1, 0.15) is 5.75 Å². The normalized spacial score (nSPS) is 12.2. The molecule has 1 aromatic carbocycles. The van der Waals surface area contributed by atoms with Crippen LogP contribution in [0.1, 0.15) is 29.7 Å². The third kappa shape index (κ3) is 1.79. The van der Waals surface area contributed by atoms with E-state index in [4.69, 9.17) is 11.0 Å². The fourth-order valence-corrected chi connectivity index (χ4v) is 1.19. The van der Waals surface area contributed by atoms with Crippen molar-refractivity contribution < 1.29 is 5.11 Å². The van der Waals surface area contributed by atoms with E-state index in [0.29, 0.717) is 11.1 Å². The molecule has 1 rings (SSSR count). The molecule has 0 aliphatic heterocycles. The van der Waals surface area contributed by atoms with Crippen LogP contribution in [0.3, 0.4) is 0 Å². The number of hydrogen-bond acceptors (Lipinski definition) is 3. The number of nitriles is 1. The molecule has 0 spiro atoms. The number of phenols is 1. The Hall–Kier alpha value is -1.53. The third-order valence-corrected chi connectivity index (χ3v) is 1.98. The Balaban J connectivity index is 3.33. The second kappa shape index (κ2) is 3.46. The van der Waals surface area contributed by atoms with Gasteiger partial charge in [-0.05, 0) is 31.5 Å². The third-order valence-electron chi connectivity index (χ3n) is 1.98. The molecule has 68 valence electrons. The lowest BCUT2D eigenvalue weighted by Crippen LogP contribution is -2.05. The summed E-state index contributed by atoms with van der Waals surface area (Å²) < 4.78 is 0. The van der Waals surface area contributed by atoms with Gasteiger partial charge < -0.3 is 10.8 Å². The Morgan fingerprint density at radius 2 is 2.15 bits per heavy atom. The first-order valence-electron chi connectivity index (χ1n) is 4.05. The van der Waals surface area contributed by atoms with Crippen molar-refractivity contribution in [3.05, 3.63) is 28.8 Å². The first-order valence-corrected chi connectivity index (χ1v) is 4.05. The molecule has 1 atom stereocenters. The lowest BCUT2D eigenvalue weighted by molar-refractivity contribution is 0.463. The number of nitrogens with zero attached hydrogens (tertiary/aromatic N) is 1. The smallest absolute Gasteiger partial charge is 0.120 e. The highest BCUT2D eigenvalue weighted by Crippen LogP contribution is 2.25. The number of rotatable bonds is 1. The molecule has 0 saturated heterocycles. The SMILES string of the molecule is Cc1cc(O)c(C(C)N)cc1C#N. The molecule has 0 aromatic heterocycles. The molecule has 0 radical (unpaired) electrons. The number of phenolic OH excluding ortho intramolecular Hbond substituents is 1. The zero-order valence-corrected chi connectivity index (χ0v) is 7.70. The second-order valence-corrected chi connectivity index (χ2v) is 3.13. The van der Waals surface area contributed by atoms with Crippen molar-refractivity contribution in [3.8, 4) is 11.8 Å². The molecule has 0 heterocycles. The van der Waals surface area contributed by atoms with E-state index >= 15 is 0 Å². The minimum atomic E-state index is -0.257. The maximum atomic E-state index is 9.49. The van der Waals surface area contributed by atoms with Crippen molar-refractivity contribution in [3.63, 3.8) is 0 Å². The monoisotopic (exact) mass is 176 g/mol. The zero-order valence-electron chi connectivity index (χ0n) is 7.70. The highest BCUT2D eigenvalue weighted by atomic mass is 16.3. The second-order valence-electron chi connectivity index (χ2n) is 3.13. The molecule has 0 bridgehead atoms. The average Bonchev–Trinajstić information content (AvgIpc) is 2.03. The van der Waals surface area contributed by atoms with Gasteiger partial charge in [-0.3, -0.25) is 0 Å². The van der Waals surface area contributed by atoms with Crippen molar-refractivity contribution in [1.82, 2.24) is 0 Å². The van der Waals surface area contributed by atoms with Gasteiger partial charge in [0.05, 0.1) is 11.6 Å². The first kappa shape index (κ1) is 9.56. The predicted octanol–water partition coefficient (Wildman–Crippen LogP) is 1.59. The number of aromatic hydroxyl groups is 1. The zero-order chi connectivity index (χ0) is 10.0. The predicted molar refractivity (Wildman–Crippen MR) is 50.2 cm³/mol. The number of aryl methyl sites for hydroxylation is 1.